The third-order valence-electron chi connectivity index (χ3n) is 2.82. The number of ether oxygens (including phenoxy) is 1. The fourth-order valence-electron chi connectivity index (χ4n) is 1.83. The van der Waals surface area contributed by atoms with Gasteiger partial charge < -0.3 is 19.8 Å². The van der Waals surface area contributed by atoms with Crippen LogP contribution >= 0.6 is 22.6 Å². The topological polar surface area (TPSA) is 87.1 Å². The molecule has 1 aromatic rings. The van der Waals surface area contributed by atoms with Crippen LogP contribution in [-0.4, -0.2) is 52.8 Å². The summed E-state index contributed by atoms with van der Waals surface area (Å²) in [4.78, 5) is 24.5. The third-order valence-corrected chi connectivity index (χ3v) is 3.49. The summed E-state index contributed by atoms with van der Waals surface area (Å²) >= 11 is 2.04. The smallest absolute Gasteiger partial charge is 0.334 e. The van der Waals surface area contributed by atoms with Gasteiger partial charge in [-0.05, 0) is 40.8 Å². The molecule has 0 spiro atoms. The lowest BCUT2D eigenvalue weighted by molar-refractivity contribution is -0.154. The number of aromatic hydroxyl groups is 1. The quantitative estimate of drug-likeness (QED) is 0.749. The molecule has 7 heteroatoms. The Morgan fingerprint density at radius 1 is 1.42 bits per heavy atom. The molecule has 1 fully saturated rings. The first-order valence-electron chi connectivity index (χ1n) is 5.61. The van der Waals surface area contributed by atoms with Crippen molar-refractivity contribution in [1.82, 2.24) is 4.90 Å². The number of morpholine rings is 1. The number of carboxylic acid groups (broad SMARTS) is 1. The fourth-order valence-corrected chi connectivity index (χ4v) is 2.32. The molecule has 6 nitrogen and oxygen atoms in total. The van der Waals surface area contributed by atoms with Gasteiger partial charge in [0.05, 0.1) is 18.7 Å². The number of halogens is 1. The molecule has 0 radical (unpaired) electrons. The van der Waals surface area contributed by atoms with Crippen molar-refractivity contribution in [1.29, 1.82) is 0 Å². The number of nitrogens with zero attached hydrogens (tertiary/aromatic N) is 1. The summed E-state index contributed by atoms with van der Waals surface area (Å²) in [5.74, 6) is -1.58. The minimum atomic E-state index is -1.09. The molecule has 1 atom stereocenters. The first-order valence-corrected chi connectivity index (χ1v) is 6.69. The summed E-state index contributed by atoms with van der Waals surface area (Å²) in [7, 11) is 0. The van der Waals surface area contributed by atoms with Crippen LogP contribution in [0.1, 0.15) is 10.4 Å². The number of benzene rings is 1. The molecule has 2 N–H and O–H groups in total. The lowest BCUT2D eigenvalue weighted by Gasteiger charge is -2.31. The number of rotatable bonds is 2. The van der Waals surface area contributed by atoms with Gasteiger partial charge >= 0.3 is 5.97 Å². The van der Waals surface area contributed by atoms with Crippen molar-refractivity contribution in [3.05, 3.63) is 27.3 Å². The van der Waals surface area contributed by atoms with Crippen LogP contribution in [-0.2, 0) is 9.53 Å². The van der Waals surface area contributed by atoms with Crippen LogP contribution in [0.5, 0.6) is 5.75 Å². The zero-order valence-electron chi connectivity index (χ0n) is 9.88. The van der Waals surface area contributed by atoms with Gasteiger partial charge in [0.2, 0.25) is 0 Å². The first kappa shape index (κ1) is 14.1. The molecule has 1 aliphatic heterocycles. The van der Waals surface area contributed by atoms with Crippen molar-refractivity contribution < 1.29 is 24.5 Å². The molecule has 0 bridgehead atoms. The number of amides is 1. The largest absolute Gasteiger partial charge is 0.507 e. The predicted octanol–water partition coefficient (Wildman–Crippen LogP) is 0.922. The number of hydrogen-bond donors (Lipinski definition) is 2. The number of phenols is 1. The van der Waals surface area contributed by atoms with E-state index in [0.29, 0.717) is 6.54 Å². The summed E-state index contributed by atoms with van der Waals surface area (Å²) in [6.07, 6.45) is -1.01. The highest BCUT2D eigenvalue weighted by Gasteiger charge is 2.30. The number of aliphatic carboxylic acids is 1. The summed E-state index contributed by atoms with van der Waals surface area (Å²) < 4.78 is 5.87. The van der Waals surface area contributed by atoms with Crippen molar-refractivity contribution in [2.75, 3.05) is 19.7 Å². The van der Waals surface area contributed by atoms with Crippen LogP contribution in [0.3, 0.4) is 0 Å². The van der Waals surface area contributed by atoms with E-state index in [9.17, 15) is 14.7 Å². The van der Waals surface area contributed by atoms with Gasteiger partial charge in [-0.1, -0.05) is 0 Å². The molecule has 1 aromatic carbocycles. The predicted molar refractivity (Wildman–Crippen MR) is 74.1 cm³/mol. The Morgan fingerprint density at radius 2 is 2.16 bits per heavy atom. The lowest BCUT2D eigenvalue weighted by atomic mass is 10.1. The number of phenolic OH excluding ortho intramolecular Hbond substituents is 1. The van der Waals surface area contributed by atoms with E-state index in [4.69, 9.17) is 9.84 Å². The van der Waals surface area contributed by atoms with Gasteiger partial charge in [-0.25, -0.2) is 4.79 Å². The van der Waals surface area contributed by atoms with Crippen LogP contribution in [0.15, 0.2) is 18.2 Å². The van der Waals surface area contributed by atoms with E-state index in [-0.39, 0.29) is 30.4 Å². The van der Waals surface area contributed by atoms with Gasteiger partial charge in [-0.15, -0.1) is 0 Å². The molecule has 0 saturated carbocycles. The van der Waals surface area contributed by atoms with E-state index in [1.165, 1.54) is 11.0 Å². The van der Waals surface area contributed by atoms with Gasteiger partial charge in [0.1, 0.15) is 5.75 Å². The van der Waals surface area contributed by atoms with E-state index >= 15 is 0 Å². The maximum absolute atomic E-state index is 12.3. The standard InChI is InChI=1S/C12H12INO5/c13-7-1-2-9(15)8(5-7)11(16)14-3-4-19-10(6-14)12(17)18/h1-2,5,10,15H,3-4,6H2,(H,17,18). The van der Waals surface area contributed by atoms with Crippen LogP contribution in [0.4, 0.5) is 0 Å². The minimum Gasteiger partial charge on any atom is -0.507 e. The molecular formula is C12H12INO5. The molecule has 2 rings (SSSR count). The van der Waals surface area contributed by atoms with Crippen molar-refractivity contribution in [3.8, 4) is 5.75 Å². The maximum Gasteiger partial charge on any atom is 0.334 e. The highest BCUT2D eigenvalue weighted by Crippen LogP contribution is 2.22. The lowest BCUT2D eigenvalue weighted by Crippen LogP contribution is -2.48. The third kappa shape index (κ3) is 3.16. The van der Waals surface area contributed by atoms with Crippen LogP contribution in [0.25, 0.3) is 0 Å². The summed E-state index contributed by atoms with van der Waals surface area (Å²) in [5.41, 5.74) is 0.179. The number of carbonyl (C=O) groups is 2. The summed E-state index contributed by atoms with van der Waals surface area (Å²) in [6.45, 7) is 0.472. The minimum absolute atomic E-state index is 0.0148. The second-order valence-corrected chi connectivity index (χ2v) is 5.36. The Bertz CT molecular complexity index is 519. The Labute approximate surface area is 123 Å². The molecule has 1 amide bonds. The molecule has 102 valence electrons. The summed E-state index contributed by atoms with van der Waals surface area (Å²) in [5, 5.41) is 18.6. The van der Waals surface area contributed by atoms with Crippen LogP contribution < -0.4 is 0 Å². The molecule has 1 unspecified atom stereocenters. The van der Waals surface area contributed by atoms with E-state index in [1.807, 2.05) is 22.6 Å². The van der Waals surface area contributed by atoms with E-state index in [2.05, 4.69) is 0 Å². The average molecular weight is 377 g/mol. The van der Waals surface area contributed by atoms with Gasteiger partial charge in [0, 0.05) is 10.1 Å². The number of carboxylic acids is 1. The van der Waals surface area contributed by atoms with Gasteiger partial charge in [-0.3, -0.25) is 4.79 Å². The van der Waals surface area contributed by atoms with Crippen molar-refractivity contribution in [2.24, 2.45) is 0 Å². The maximum atomic E-state index is 12.3. The number of hydrogen-bond acceptors (Lipinski definition) is 4. The zero-order chi connectivity index (χ0) is 14.0. The average Bonchev–Trinajstić information content (AvgIpc) is 2.41. The molecule has 1 saturated heterocycles. The molecule has 1 heterocycles. The Kier molecular flexibility index (Phi) is 4.25. The molecule has 0 aliphatic carbocycles. The van der Waals surface area contributed by atoms with Crippen molar-refractivity contribution in [2.45, 2.75) is 6.10 Å². The Morgan fingerprint density at radius 3 is 2.84 bits per heavy atom. The van der Waals surface area contributed by atoms with E-state index < -0.39 is 12.1 Å². The second kappa shape index (κ2) is 5.74. The number of carbonyl (C=O) groups excluding carboxylic acids is 1. The van der Waals surface area contributed by atoms with Gasteiger partial charge in [-0.2, -0.15) is 0 Å². The van der Waals surface area contributed by atoms with Crippen molar-refractivity contribution in [3.63, 3.8) is 0 Å². The Hall–Kier alpha value is -1.35. The van der Waals surface area contributed by atoms with Crippen molar-refractivity contribution >= 4 is 34.5 Å². The monoisotopic (exact) mass is 377 g/mol. The first-order chi connectivity index (χ1) is 8.99. The summed E-state index contributed by atoms with van der Waals surface area (Å²) in [6, 6.07) is 4.71. The van der Waals surface area contributed by atoms with Gasteiger partial charge in [0.25, 0.3) is 5.91 Å². The van der Waals surface area contributed by atoms with E-state index in [1.54, 1.807) is 12.1 Å². The molecule has 0 aromatic heterocycles. The fraction of sp³-hybridized carbons (Fsp3) is 0.333. The normalized spacial score (nSPS) is 19.2. The highest BCUT2D eigenvalue weighted by atomic mass is 127. The van der Waals surface area contributed by atoms with Crippen LogP contribution in [0, 0.1) is 3.57 Å². The molecule has 19 heavy (non-hydrogen) atoms. The highest BCUT2D eigenvalue weighted by molar-refractivity contribution is 14.1. The SMILES string of the molecule is O=C(O)C1CN(C(=O)c2cc(I)ccc2O)CCO1. The zero-order valence-corrected chi connectivity index (χ0v) is 12.0. The van der Waals surface area contributed by atoms with Gasteiger partial charge in [0.15, 0.2) is 6.10 Å². The molecule has 1 aliphatic rings. The Balaban J connectivity index is 2.19. The van der Waals surface area contributed by atoms with Crippen LogP contribution in [0.2, 0.25) is 0 Å². The second-order valence-electron chi connectivity index (χ2n) is 4.11. The molecular weight excluding hydrogens is 365 g/mol. The van der Waals surface area contributed by atoms with E-state index in [0.717, 1.165) is 3.57 Å².